The van der Waals surface area contributed by atoms with Crippen molar-refractivity contribution in [1.29, 1.82) is 0 Å². The van der Waals surface area contributed by atoms with Gasteiger partial charge in [-0.1, -0.05) is 6.07 Å². The van der Waals surface area contributed by atoms with E-state index < -0.39 is 41.0 Å². The summed E-state index contributed by atoms with van der Waals surface area (Å²) in [5.41, 5.74) is 1.68. The van der Waals surface area contributed by atoms with Gasteiger partial charge >= 0.3 is 12.4 Å². The van der Waals surface area contributed by atoms with Crippen molar-refractivity contribution in [3.8, 4) is 16.9 Å². The Bertz CT molecular complexity index is 862. The molecular formula is C17H13F7N2O. The van der Waals surface area contributed by atoms with Crippen molar-refractivity contribution in [3.63, 3.8) is 0 Å². The fraction of sp³-hybridized carbons (Fsp3) is 0.294. The Morgan fingerprint density at radius 3 is 2.30 bits per heavy atom. The van der Waals surface area contributed by atoms with Gasteiger partial charge in [0.25, 0.3) is 0 Å². The molecule has 0 spiro atoms. The van der Waals surface area contributed by atoms with Crippen LogP contribution in [0.2, 0.25) is 0 Å². The number of ether oxygens (including phenoxy) is 1. The van der Waals surface area contributed by atoms with E-state index in [0.717, 1.165) is 12.1 Å². The summed E-state index contributed by atoms with van der Waals surface area (Å²) in [6.07, 6.45) is -10.6. The number of nitrogens with two attached hydrogens (primary N) is 1. The quantitative estimate of drug-likeness (QED) is 0.729. The minimum atomic E-state index is -5.09. The zero-order valence-electron chi connectivity index (χ0n) is 13.5. The number of benzene rings is 2. The average Bonchev–Trinajstić information content (AvgIpc) is 2.58. The predicted molar refractivity (Wildman–Crippen MR) is 83.8 cm³/mol. The lowest BCUT2D eigenvalue weighted by molar-refractivity contribution is -0.142. The molecule has 146 valence electrons. The number of hydrogen-bond acceptors (Lipinski definition) is 3. The molecule has 1 aliphatic rings. The summed E-state index contributed by atoms with van der Waals surface area (Å²) in [7, 11) is 0. The van der Waals surface area contributed by atoms with Gasteiger partial charge < -0.3 is 15.8 Å². The standard InChI is InChI=1S/C17H13F7N2O/c18-9-4-12(15-14(5-9)26-7-10(6-25)27-15)11-2-1-8(16(19,20)21)3-13(11)17(22,23)24/h1-5,10,26H,6-7,25H2. The smallest absolute Gasteiger partial charge is 0.417 e. The largest absolute Gasteiger partial charge is 0.484 e. The maximum Gasteiger partial charge on any atom is 0.417 e. The lowest BCUT2D eigenvalue weighted by Crippen LogP contribution is -2.37. The monoisotopic (exact) mass is 394 g/mol. The summed E-state index contributed by atoms with van der Waals surface area (Å²) in [5.74, 6) is -0.956. The summed E-state index contributed by atoms with van der Waals surface area (Å²) in [6, 6.07) is 3.00. The molecule has 3 nitrogen and oxygen atoms in total. The van der Waals surface area contributed by atoms with Gasteiger partial charge in [-0.25, -0.2) is 4.39 Å². The number of alkyl halides is 6. The molecule has 3 N–H and O–H groups in total. The van der Waals surface area contributed by atoms with Crippen LogP contribution in [0.25, 0.3) is 11.1 Å². The van der Waals surface area contributed by atoms with Crippen LogP contribution in [0.1, 0.15) is 11.1 Å². The Labute approximate surface area is 148 Å². The van der Waals surface area contributed by atoms with E-state index >= 15 is 0 Å². The molecule has 2 aromatic rings. The SMILES string of the molecule is NCC1CNc2cc(F)cc(-c3ccc(C(F)(F)F)cc3C(F)(F)F)c2O1. The van der Waals surface area contributed by atoms with E-state index in [4.69, 9.17) is 10.5 Å². The van der Waals surface area contributed by atoms with Gasteiger partial charge in [0.15, 0.2) is 5.75 Å². The minimum Gasteiger partial charge on any atom is -0.484 e. The molecule has 0 fully saturated rings. The Hall–Kier alpha value is -2.49. The van der Waals surface area contributed by atoms with Crippen molar-refractivity contribution in [2.75, 3.05) is 18.4 Å². The van der Waals surface area contributed by atoms with Gasteiger partial charge in [-0.2, -0.15) is 26.3 Å². The van der Waals surface area contributed by atoms with Gasteiger partial charge in [-0.15, -0.1) is 0 Å². The summed E-state index contributed by atoms with van der Waals surface area (Å²) < 4.78 is 98.3. The highest BCUT2D eigenvalue weighted by Crippen LogP contribution is 2.46. The Morgan fingerprint density at radius 1 is 1.00 bits per heavy atom. The second-order valence-corrected chi connectivity index (χ2v) is 5.94. The first-order chi connectivity index (χ1) is 12.5. The molecule has 10 heteroatoms. The number of halogens is 7. The van der Waals surface area contributed by atoms with E-state index in [0.29, 0.717) is 12.1 Å². The fourth-order valence-electron chi connectivity index (χ4n) is 2.81. The Morgan fingerprint density at radius 2 is 1.70 bits per heavy atom. The first kappa shape index (κ1) is 19.3. The maximum absolute atomic E-state index is 13.9. The highest BCUT2D eigenvalue weighted by Gasteiger charge is 2.39. The summed E-state index contributed by atoms with van der Waals surface area (Å²) >= 11 is 0. The number of fused-ring (bicyclic) bond motifs is 1. The number of rotatable bonds is 2. The molecule has 0 saturated carbocycles. The van der Waals surface area contributed by atoms with E-state index in [9.17, 15) is 30.7 Å². The van der Waals surface area contributed by atoms with Crippen molar-refractivity contribution in [1.82, 2.24) is 0 Å². The van der Waals surface area contributed by atoms with Crippen molar-refractivity contribution < 1.29 is 35.5 Å². The van der Waals surface area contributed by atoms with E-state index in [1.165, 1.54) is 0 Å². The second kappa shape index (κ2) is 6.59. The first-order valence-electron chi connectivity index (χ1n) is 7.73. The lowest BCUT2D eigenvalue weighted by Gasteiger charge is -2.29. The fourth-order valence-corrected chi connectivity index (χ4v) is 2.81. The van der Waals surface area contributed by atoms with Gasteiger partial charge in [0.2, 0.25) is 0 Å². The summed E-state index contributed by atoms with van der Waals surface area (Å²) in [4.78, 5) is 0. The molecule has 0 saturated heterocycles. The molecule has 0 aliphatic carbocycles. The van der Waals surface area contributed by atoms with E-state index in [1.807, 2.05) is 0 Å². The third-order valence-electron chi connectivity index (χ3n) is 4.06. The molecule has 2 aromatic carbocycles. The molecular weight excluding hydrogens is 381 g/mol. The number of nitrogens with one attached hydrogen (secondary N) is 1. The molecule has 1 heterocycles. The van der Waals surface area contributed by atoms with Crippen LogP contribution in [0.5, 0.6) is 5.75 Å². The molecule has 0 radical (unpaired) electrons. The van der Waals surface area contributed by atoms with Crippen LogP contribution in [0.15, 0.2) is 30.3 Å². The molecule has 1 aliphatic heterocycles. The first-order valence-corrected chi connectivity index (χ1v) is 7.73. The van der Waals surface area contributed by atoms with Crippen molar-refractivity contribution in [2.45, 2.75) is 18.5 Å². The van der Waals surface area contributed by atoms with Crippen LogP contribution in [0, 0.1) is 5.82 Å². The number of hydrogen-bond donors (Lipinski definition) is 2. The average molecular weight is 394 g/mol. The molecule has 0 bridgehead atoms. The van der Waals surface area contributed by atoms with Crippen LogP contribution in [0.3, 0.4) is 0 Å². The van der Waals surface area contributed by atoms with Crippen LogP contribution in [0.4, 0.5) is 36.4 Å². The van der Waals surface area contributed by atoms with E-state index in [-0.39, 0.29) is 36.2 Å². The topological polar surface area (TPSA) is 47.3 Å². The summed E-state index contributed by atoms with van der Waals surface area (Å²) in [6.45, 7) is 0.258. The van der Waals surface area contributed by atoms with E-state index in [2.05, 4.69) is 5.32 Å². The third-order valence-corrected chi connectivity index (χ3v) is 4.06. The van der Waals surface area contributed by atoms with Gasteiger partial charge in [0, 0.05) is 18.2 Å². The Kier molecular flexibility index (Phi) is 4.71. The van der Waals surface area contributed by atoms with Crippen LogP contribution in [-0.2, 0) is 12.4 Å². The zero-order valence-corrected chi connectivity index (χ0v) is 13.5. The molecule has 27 heavy (non-hydrogen) atoms. The molecule has 1 atom stereocenters. The summed E-state index contributed by atoms with van der Waals surface area (Å²) in [5, 5.41) is 2.80. The van der Waals surface area contributed by atoms with Gasteiger partial charge in [0.05, 0.1) is 23.4 Å². The van der Waals surface area contributed by atoms with Crippen LogP contribution >= 0.6 is 0 Å². The second-order valence-electron chi connectivity index (χ2n) is 5.94. The van der Waals surface area contributed by atoms with Crippen molar-refractivity contribution >= 4 is 5.69 Å². The Balaban J connectivity index is 2.24. The highest BCUT2D eigenvalue weighted by molar-refractivity contribution is 5.81. The predicted octanol–water partition coefficient (Wildman–Crippen LogP) is 4.66. The highest BCUT2D eigenvalue weighted by atomic mass is 19.4. The van der Waals surface area contributed by atoms with E-state index in [1.54, 1.807) is 0 Å². The van der Waals surface area contributed by atoms with Crippen LogP contribution in [-0.4, -0.2) is 19.2 Å². The van der Waals surface area contributed by atoms with Gasteiger partial charge in [0.1, 0.15) is 11.9 Å². The minimum absolute atomic E-state index is 0.00327. The molecule has 3 rings (SSSR count). The maximum atomic E-state index is 13.9. The molecule has 1 unspecified atom stereocenters. The molecule has 0 amide bonds. The van der Waals surface area contributed by atoms with Crippen LogP contribution < -0.4 is 15.8 Å². The number of anilines is 1. The van der Waals surface area contributed by atoms with Gasteiger partial charge in [-0.3, -0.25) is 0 Å². The lowest BCUT2D eigenvalue weighted by atomic mass is 9.95. The van der Waals surface area contributed by atoms with Gasteiger partial charge in [-0.05, 0) is 23.8 Å². The third kappa shape index (κ3) is 3.80. The molecule has 0 aromatic heterocycles. The zero-order chi connectivity index (χ0) is 20.0. The normalized spacial score (nSPS) is 17.1. The van der Waals surface area contributed by atoms with Crippen molar-refractivity contribution in [2.24, 2.45) is 5.73 Å². The van der Waals surface area contributed by atoms with Crippen molar-refractivity contribution in [3.05, 3.63) is 47.3 Å².